The highest BCUT2D eigenvalue weighted by atomic mass is 16.5. The predicted molar refractivity (Wildman–Crippen MR) is 111 cm³/mol. The summed E-state index contributed by atoms with van der Waals surface area (Å²) in [5.74, 6) is 1.75. The quantitative estimate of drug-likeness (QED) is 0.564. The standard InChI is InChI=1S/C21H21N7O/c1-2-6-17(7-3-1)28-21-18(14-26-28)19(24-15-25-21)23-13-16-5-4-8-22-20(16)27-9-11-29-12-10-27/h1-8,14-15H,9-13H2,(H,23,24,25). The molecule has 0 spiro atoms. The summed E-state index contributed by atoms with van der Waals surface area (Å²) in [6.07, 6.45) is 5.20. The first kappa shape index (κ1) is 17.6. The molecule has 1 N–H and O–H groups in total. The lowest BCUT2D eigenvalue weighted by molar-refractivity contribution is 0.122. The average Bonchev–Trinajstić information content (AvgIpc) is 3.24. The molecule has 0 aliphatic carbocycles. The zero-order chi connectivity index (χ0) is 19.5. The second-order valence-corrected chi connectivity index (χ2v) is 6.79. The van der Waals surface area contributed by atoms with Gasteiger partial charge in [0.25, 0.3) is 0 Å². The molecule has 5 rings (SSSR count). The van der Waals surface area contributed by atoms with Crippen molar-refractivity contribution in [1.82, 2.24) is 24.7 Å². The molecule has 29 heavy (non-hydrogen) atoms. The summed E-state index contributed by atoms with van der Waals surface area (Å²) in [6.45, 7) is 3.78. The number of morpholine rings is 1. The van der Waals surface area contributed by atoms with Gasteiger partial charge in [0.05, 0.1) is 30.5 Å². The summed E-state index contributed by atoms with van der Waals surface area (Å²) in [6, 6.07) is 14.0. The number of benzene rings is 1. The summed E-state index contributed by atoms with van der Waals surface area (Å²) >= 11 is 0. The maximum Gasteiger partial charge on any atom is 0.168 e. The minimum Gasteiger partial charge on any atom is -0.378 e. The van der Waals surface area contributed by atoms with Crippen molar-refractivity contribution in [2.75, 3.05) is 36.5 Å². The van der Waals surface area contributed by atoms with E-state index in [1.807, 2.05) is 47.3 Å². The molecule has 0 unspecified atom stereocenters. The summed E-state index contributed by atoms with van der Waals surface area (Å²) in [5.41, 5.74) is 2.86. The fraction of sp³-hybridized carbons (Fsp3) is 0.238. The van der Waals surface area contributed by atoms with Crippen LogP contribution in [0.3, 0.4) is 0 Å². The number of pyridine rings is 1. The SMILES string of the molecule is c1ccc(-n2ncc3c(NCc4cccnc4N4CCOCC4)ncnc32)cc1. The lowest BCUT2D eigenvalue weighted by Crippen LogP contribution is -2.37. The van der Waals surface area contributed by atoms with Crippen LogP contribution in [-0.4, -0.2) is 51.0 Å². The molecule has 1 aromatic carbocycles. The Morgan fingerprint density at radius 1 is 0.966 bits per heavy atom. The van der Waals surface area contributed by atoms with Gasteiger partial charge in [0.15, 0.2) is 5.65 Å². The molecule has 1 aliphatic heterocycles. The molecule has 0 saturated carbocycles. The molecular weight excluding hydrogens is 366 g/mol. The van der Waals surface area contributed by atoms with Crippen molar-refractivity contribution < 1.29 is 4.74 Å². The van der Waals surface area contributed by atoms with E-state index in [1.165, 1.54) is 0 Å². The van der Waals surface area contributed by atoms with E-state index < -0.39 is 0 Å². The number of fused-ring (bicyclic) bond motifs is 1. The van der Waals surface area contributed by atoms with Crippen LogP contribution in [0.4, 0.5) is 11.6 Å². The Hall–Kier alpha value is -3.52. The van der Waals surface area contributed by atoms with Crippen molar-refractivity contribution in [3.05, 3.63) is 66.7 Å². The van der Waals surface area contributed by atoms with Crippen LogP contribution in [0.25, 0.3) is 16.7 Å². The molecule has 1 fully saturated rings. The number of hydrogen-bond acceptors (Lipinski definition) is 7. The van der Waals surface area contributed by atoms with Crippen molar-refractivity contribution in [2.24, 2.45) is 0 Å². The second-order valence-electron chi connectivity index (χ2n) is 6.79. The zero-order valence-electron chi connectivity index (χ0n) is 15.9. The van der Waals surface area contributed by atoms with Crippen molar-refractivity contribution in [3.8, 4) is 5.69 Å². The van der Waals surface area contributed by atoms with Crippen LogP contribution in [-0.2, 0) is 11.3 Å². The average molecular weight is 387 g/mol. The van der Waals surface area contributed by atoms with E-state index in [4.69, 9.17) is 4.74 Å². The number of rotatable bonds is 5. The molecule has 0 atom stereocenters. The molecule has 0 amide bonds. The highest BCUT2D eigenvalue weighted by Gasteiger charge is 2.16. The maximum absolute atomic E-state index is 5.47. The van der Waals surface area contributed by atoms with Gasteiger partial charge in [-0.15, -0.1) is 0 Å². The Kier molecular flexibility index (Phi) is 4.75. The van der Waals surface area contributed by atoms with Crippen LogP contribution in [0.5, 0.6) is 0 Å². The third-order valence-corrected chi connectivity index (χ3v) is 4.99. The lowest BCUT2D eigenvalue weighted by atomic mass is 10.2. The largest absolute Gasteiger partial charge is 0.378 e. The van der Waals surface area contributed by atoms with E-state index in [1.54, 1.807) is 12.5 Å². The van der Waals surface area contributed by atoms with Crippen LogP contribution in [0.2, 0.25) is 0 Å². The fourth-order valence-corrected chi connectivity index (χ4v) is 3.55. The van der Waals surface area contributed by atoms with E-state index >= 15 is 0 Å². The number of hydrogen-bond donors (Lipinski definition) is 1. The van der Waals surface area contributed by atoms with Crippen molar-refractivity contribution in [2.45, 2.75) is 6.54 Å². The molecule has 8 heteroatoms. The molecule has 3 aromatic heterocycles. The Morgan fingerprint density at radius 3 is 2.69 bits per heavy atom. The number of ether oxygens (including phenoxy) is 1. The first-order valence-electron chi connectivity index (χ1n) is 9.65. The summed E-state index contributed by atoms with van der Waals surface area (Å²) in [5, 5.41) is 8.84. The minimum absolute atomic E-state index is 0.614. The lowest BCUT2D eigenvalue weighted by Gasteiger charge is -2.29. The number of anilines is 2. The molecule has 0 bridgehead atoms. The molecule has 146 valence electrons. The first-order valence-corrected chi connectivity index (χ1v) is 9.65. The molecule has 4 aromatic rings. The number of para-hydroxylation sites is 1. The molecule has 4 heterocycles. The monoisotopic (exact) mass is 387 g/mol. The van der Waals surface area contributed by atoms with Gasteiger partial charge in [-0.25, -0.2) is 19.6 Å². The Morgan fingerprint density at radius 2 is 1.83 bits per heavy atom. The van der Waals surface area contributed by atoms with Crippen molar-refractivity contribution in [1.29, 1.82) is 0 Å². The number of aromatic nitrogens is 5. The van der Waals surface area contributed by atoms with Gasteiger partial charge in [-0.2, -0.15) is 5.10 Å². The van der Waals surface area contributed by atoms with Gasteiger partial charge in [-0.3, -0.25) is 0 Å². The van der Waals surface area contributed by atoms with Gasteiger partial charge in [-0.1, -0.05) is 24.3 Å². The Bertz CT molecular complexity index is 1110. The van der Waals surface area contributed by atoms with Crippen LogP contribution >= 0.6 is 0 Å². The molecular formula is C21H21N7O. The summed E-state index contributed by atoms with van der Waals surface area (Å²) < 4.78 is 7.29. The van der Waals surface area contributed by atoms with Gasteiger partial charge < -0.3 is 15.0 Å². The van der Waals surface area contributed by atoms with Gasteiger partial charge in [0, 0.05) is 31.4 Å². The van der Waals surface area contributed by atoms with E-state index in [0.29, 0.717) is 6.54 Å². The zero-order valence-corrected chi connectivity index (χ0v) is 15.9. The fourth-order valence-electron chi connectivity index (χ4n) is 3.55. The van der Waals surface area contributed by atoms with Crippen molar-refractivity contribution >= 4 is 22.7 Å². The third-order valence-electron chi connectivity index (χ3n) is 4.99. The van der Waals surface area contributed by atoms with Crippen LogP contribution in [0.15, 0.2) is 61.2 Å². The maximum atomic E-state index is 5.47. The summed E-state index contributed by atoms with van der Waals surface area (Å²) in [4.78, 5) is 15.7. The van der Waals surface area contributed by atoms with Crippen molar-refractivity contribution in [3.63, 3.8) is 0 Å². The van der Waals surface area contributed by atoms with Crippen LogP contribution < -0.4 is 10.2 Å². The first-order chi connectivity index (χ1) is 14.4. The normalized spacial score (nSPS) is 14.3. The van der Waals surface area contributed by atoms with E-state index in [0.717, 1.165) is 60.2 Å². The minimum atomic E-state index is 0.614. The summed E-state index contributed by atoms with van der Waals surface area (Å²) in [7, 11) is 0. The Labute approximate surface area is 168 Å². The van der Waals surface area contributed by atoms with Gasteiger partial charge in [0.1, 0.15) is 18.0 Å². The molecule has 8 nitrogen and oxygen atoms in total. The van der Waals surface area contributed by atoms with Crippen LogP contribution in [0.1, 0.15) is 5.56 Å². The van der Waals surface area contributed by atoms with Gasteiger partial charge in [-0.05, 0) is 18.2 Å². The van der Waals surface area contributed by atoms with Crippen LogP contribution in [0, 0.1) is 0 Å². The highest BCUT2D eigenvalue weighted by molar-refractivity contribution is 5.87. The number of nitrogens with zero attached hydrogens (tertiary/aromatic N) is 6. The number of nitrogens with one attached hydrogen (secondary N) is 1. The highest BCUT2D eigenvalue weighted by Crippen LogP contribution is 2.24. The topological polar surface area (TPSA) is 81.0 Å². The van der Waals surface area contributed by atoms with Gasteiger partial charge >= 0.3 is 0 Å². The molecule has 1 saturated heterocycles. The van der Waals surface area contributed by atoms with E-state index in [2.05, 4.69) is 36.3 Å². The molecule has 1 aliphatic rings. The van der Waals surface area contributed by atoms with Gasteiger partial charge in [0.2, 0.25) is 0 Å². The third kappa shape index (κ3) is 3.50. The Balaban J connectivity index is 1.42. The second kappa shape index (κ2) is 7.84. The van der Waals surface area contributed by atoms with E-state index in [9.17, 15) is 0 Å². The predicted octanol–water partition coefficient (Wildman–Crippen LogP) is 2.66. The van der Waals surface area contributed by atoms with E-state index in [-0.39, 0.29) is 0 Å². The molecule has 0 radical (unpaired) electrons. The smallest absolute Gasteiger partial charge is 0.168 e.